The zero-order valence-corrected chi connectivity index (χ0v) is 16.2. The molecule has 1 amide bonds. The average molecular weight is 349 g/mol. The van der Waals surface area contributed by atoms with E-state index in [-0.39, 0.29) is 24.2 Å². The van der Waals surface area contributed by atoms with Crippen LogP contribution in [0.15, 0.2) is 12.1 Å². The number of methoxy groups -OCH3 is 2. The molecule has 1 aliphatic heterocycles. The van der Waals surface area contributed by atoms with Gasteiger partial charge in [0.15, 0.2) is 0 Å². The molecule has 1 aromatic carbocycles. The molecule has 140 valence electrons. The summed E-state index contributed by atoms with van der Waals surface area (Å²) in [5, 5.41) is 3.07. The monoisotopic (exact) mass is 349 g/mol. The Morgan fingerprint density at radius 1 is 1.28 bits per heavy atom. The Kier molecular flexibility index (Phi) is 6.71. The van der Waals surface area contributed by atoms with E-state index >= 15 is 0 Å². The SMILES string of the molecule is COc1ccc([C@@H]2C[C@H](NC(C)=O)C[C@H](CC(C)C)O2)c(OC)c1C. The molecule has 25 heavy (non-hydrogen) atoms. The van der Waals surface area contributed by atoms with Crippen LogP contribution in [0.2, 0.25) is 0 Å². The highest BCUT2D eigenvalue weighted by Gasteiger charge is 2.33. The van der Waals surface area contributed by atoms with Gasteiger partial charge in [-0.1, -0.05) is 13.8 Å². The van der Waals surface area contributed by atoms with E-state index in [0.29, 0.717) is 5.92 Å². The molecule has 0 bridgehead atoms. The maximum atomic E-state index is 11.6. The van der Waals surface area contributed by atoms with Gasteiger partial charge >= 0.3 is 0 Å². The number of hydrogen-bond acceptors (Lipinski definition) is 4. The zero-order valence-electron chi connectivity index (χ0n) is 16.2. The molecular weight excluding hydrogens is 318 g/mol. The van der Waals surface area contributed by atoms with Gasteiger partial charge in [0.05, 0.1) is 26.4 Å². The molecule has 1 aliphatic rings. The molecule has 0 radical (unpaired) electrons. The second kappa shape index (κ2) is 8.56. The Balaban J connectivity index is 2.31. The van der Waals surface area contributed by atoms with Gasteiger partial charge in [0.25, 0.3) is 0 Å². The van der Waals surface area contributed by atoms with Crippen LogP contribution in [0, 0.1) is 12.8 Å². The number of carbonyl (C=O) groups excluding carboxylic acids is 1. The number of carbonyl (C=O) groups is 1. The molecule has 1 heterocycles. The fraction of sp³-hybridized carbons (Fsp3) is 0.650. The predicted octanol–water partition coefficient (Wildman–Crippen LogP) is 3.78. The quantitative estimate of drug-likeness (QED) is 0.849. The first-order valence-electron chi connectivity index (χ1n) is 8.99. The average Bonchev–Trinajstić information content (AvgIpc) is 2.52. The molecule has 1 aromatic rings. The van der Waals surface area contributed by atoms with Crippen LogP contribution in [0.25, 0.3) is 0 Å². The minimum Gasteiger partial charge on any atom is -0.496 e. The number of amides is 1. The van der Waals surface area contributed by atoms with E-state index in [2.05, 4.69) is 19.2 Å². The highest BCUT2D eigenvalue weighted by Crippen LogP contribution is 2.41. The summed E-state index contributed by atoms with van der Waals surface area (Å²) in [6, 6.07) is 4.08. The van der Waals surface area contributed by atoms with Crippen LogP contribution < -0.4 is 14.8 Å². The minimum absolute atomic E-state index is 0.00632. The number of hydrogen-bond donors (Lipinski definition) is 1. The Morgan fingerprint density at radius 3 is 2.56 bits per heavy atom. The van der Waals surface area contributed by atoms with Crippen molar-refractivity contribution in [2.45, 2.75) is 65.2 Å². The maximum Gasteiger partial charge on any atom is 0.217 e. The molecular formula is C20H31NO4. The van der Waals surface area contributed by atoms with Crippen LogP contribution in [-0.2, 0) is 9.53 Å². The molecule has 0 unspecified atom stereocenters. The van der Waals surface area contributed by atoms with E-state index in [1.54, 1.807) is 21.1 Å². The molecule has 5 heteroatoms. The van der Waals surface area contributed by atoms with Crippen LogP contribution >= 0.6 is 0 Å². The molecule has 3 atom stereocenters. The summed E-state index contributed by atoms with van der Waals surface area (Å²) in [6.45, 7) is 7.94. The summed E-state index contributed by atoms with van der Waals surface area (Å²) >= 11 is 0. The van der Waals surface area contributed by atoms with Crippen LogP contribution in [0.4, 0.5) is 0 Å². The lowest BCUT2D eigenvalue weighted by molar-refractivity contribution is -0.122. The normalized spacial score (nSPS) is 23.4. The van der Waals surface area contributed by atoms with E-state index in [9.17, 15) is 4.79 Å². The van der Waals surface area contributed by atoms with Gasteiger partial charge in [-0.05, 0) is 44.2 Å². The third-order valence-corrected chi connectivity index (χ3v) is 4.70. The van der Waals surface area contributed by atoms with Crippen molar-refractivity contribution in [3.63, 3.8) is 0 Å². The lowest BCUT2D eigenvalue weighted by Gasteiger charge is -2.37. The van der Waals surface area contributed by atoms with Gasteiger partial charge in [-0.15, -0.1) is 0 Å². The van der Waals surface area contributed by atoms with E-state index in [1.807, 2.05) is 19.1 Å². The van der Waals surface area contributed by atoms with E-state index < -0.39 is 0 Å². The van der Waals surface area contributed by atoms with Crippen molar-refractivity contribution in [3.8, 4) is 11.5 Å². The van der Waals surface area contributed by atoms with Gasteiger partial charge in [-0.25, -0.2) is 0 Å². The fourth-order valence-electron chi connectivity index (χ4n) is 3.74. The molecule has 0 spiro atoms. The predicted molar refractivity (Wildman–Crippen MR) is 98.2 cm³/mol. The van der Waals surface area contributed by atoms with Gasteiger partial charge in [0, 0.05) is 24.1 Å². The van der Waals surface area contributed by atoms with E-state index in [0.717, 1.165) is 41.9 Å². The molecule has 1 saturated heterocycles. The summed E-state index contributed by atoms with van der Waals surface area (Å²) in [4.78, 5) is 11.6. The Bertz CT molecular complexity index is 600. The fourth-order valence-corrected chi connectivity index (χ4v) is 3.74. The highest BCUT2D eigenvalue weighted by atomic mass is 16.5. The third-order valence-electron chi connectivity index (χ3n) is 4.70. The third kappa shape index (κ3) is 4.88. The lowest BCUT2D eigenvalue weighted by Crippen LogP contribution is -2.42. The summed E-state index contributed by atoms with van der Waals surface area (Å²) in [5.74, 6) is 2.15. The van der Waals surface area contributed by atoms with Gasteiger partial charge in [0.1, 0.15) is 11.5 Å². The Hall–Kier alpha value is -1.75. The molecule has 1 N–H and O–H groups in total. The van der Waals surface area contributed by atoms with Crippen LogP contribution in [-0.4, -0.2) is 32.3 Å². The topological polar surface area (TPSA) is 56.8 Å². The van der Waals surface area contributed by atoms with Gasteiger partial charge in [0.2, 0.25) is 5.91 Å². The van der Waals surface area contributed by atoms with Crippen molar-refractivity contribution < 1.29 is 19.0 Å². The lowest BCUT2D eigenvalue weighted by atomic mass is 9.89. The number of ether oxygens (including phenoxy) is 3. The van der Waals surface area contributed by atoms with Crippen LogP contribution in [0.1, 0.15) is 57.3 Å². The van der Waals surface area contributed by atoms with E-state index in [4.69, 9.17) is 14.2 Å². The van der Waals surface area contributed by atoms with Crippen molar-refractivity contribution in [1.29, 1.82) is 0 Å². The maximum absolute atomic E-state index is 11.6. The largest absolute Gasteiger partial charge is 0.496 e. The van der Waals surface area contributed by atoms with Crippen LogP contribution in [0.3, 0.4) is 0 Å². The van der Waals surface area contributed by atoms with Crippen molar-refractivity contribution in [1.82, 2.24) is 5.32 Å². The van der Waals surface area contributed by atoms with Gasteiger partial charge in [-0.3, -0.25) is 4.79 Å². The minimum atomic E-state index is -0.103. The summed E-state index contributed by atoms with van der Waals surface area (Å²) < 4.78 is 17.5. The van der Waals surface area contributed by atoms with Crippen molar-refractivity contribution >= 4 is 5.91 Å². The molecule has 1 fully saturated rings. The number of nitrogens with one attached hydrogen (secondary N) is 1. The second-order valence-corrected chi connectivity index (χ2v) is 7.26. The van der Waals surface area contributed by atoms with Crippen LogP contribution in [0.5, 0.6) is 11.5 Å². The first kappa shape index (κ1) is 19.6. The number of rotatable bonds is 6. The Labute approximate surface area is 151 Å². The van der Waals surface area contributed by atoms with Gasteiger partial charge in [-0.2, -0.15) is 0 Å². The highest BCUT2D eigenvalue weighted by molar-refractivity contribution is 5.73. The van der Waals surface area contributed by atoms with Crippen molar-refractivity contribution in [3.05, 3.63) is 23.3 Å². The standard InChI is InChI=1S/C20H31NO4/c1-12(2)9-16-10-15(21-14(4)22)11-19(25-16)17-7-8-18(23-5)13(3)20(17)24-6/h7-8,12,15-16,19H,9-11H2,1-6H3,(H,21,22)/t15-,16+,19+/m1/s1. The first-order chi connectivity index (χ1) is 11.8. The van der Waals surface area contributed by atoms with Gasteiger partial charge < -0.3 is 19.5 Å². The molecule has 2 rings (SSSR count). The summed E-state index contributed by atoms with van der Waals surface area (Å²) in [7, 11) is 3.33. The molecule has 0 aromatic heterocycles. The second-order valence-electron chi connectivity index (χ2n) is 7.26. The van der Waals surface area contributed by atoms with E-state index in [1.165, 1.54) is 0 Å². The Morgan fingerprint density at radius 2 is 2.00 bits per heavy atom. The number of benzene rings is 1. The molecule has 0 aliphatic carbocycles. The zero-order chi connectivity index (χ0) is 18.6. The van der Waals surface area contributed by atoms with Crippen molar-refractivity contribution in [2.24, 2.45) is 5.92 Å². The summed E-state index contributed by atoms with van der Waals surface area (Å²) in [6.07, 6.45) is 2.60. The molecule has 0 saturated carbocycles. The smallest absolute Gasteiger partial charge is 0.217 e. The molecule has 5 nitrogen and oxygen atoms in total. The van der Waals surface area contributed by atoms with Crippen molar-refractivity contribution in [2.75, 3.05) is 14.2 Å². The summed E-state index contributed by atoms with van der Waals surface area (Å²) in [5.41, 5.74) is 1.98. The first-order valence-corrected chi connectivity index (χ1v) is 8.99.